The van der Waals surface area contributed by atoms with Crippen LogP contribution in [0.3, 0.4) is 0 Å². The summed E-state index contributed by atoms with van der Waals surface area (Å²) >= 11 is 0. The van der Waals surface area contributed by atoms with Crippen molar-refractivity contribution < 1.29 is 0 Å². The maximum absolute atomic E-state index is 4.12. The molecule has 2 aromatic rings. The van der Waals surface area contributed by atoms with Gasteiger partial charge in [-0.3, -0.25) is 0 Å². The van der Waals surface area contributed by atoms with E-state index in [0.29, 0.717) is 0 Å². The largest absolute Gasteiger partial charge is 0.114 e. The first-order valence-electron chi connectivity index (χ1n) is 12.9. The molecule has 3 rings (SSSR count). The molecule has 0 aliphatic carbocycles. The van der Waals surface area contributed by atoms with E-state index in [1.165, 1.54) is 32.7 Å². The summed E-state index contributed by atoms with van der Waals surface area (Å²) in [6.07, 6.45) is 0. The minimum Gasteiger partial charge on any atom is -0.0915 e. The van der Waals surface area contributed by atoms with Gasteiger partial charge >= 0.3 is 0 Å². The van der Waals surface area contributed by atoms with E-state index in [9.17, 15) is 0 Å². The lowest BCUT2D eigenvalue weighted by atomic mass is 10.1. The van der Waals surface area contributed by atoms with Gasteiger partial charge in [-0.2, -0.15) is 0 Å². The summed E-state index contributed by atoms with van der Waals surface area (Å²) in [5.74, 6) is 0. The molecular weight excluding hydrogens is 412 g/mol. The van der Waals surface area contributed by atoms with Gasteiger partial charge in [0, 0.05) is 0 Å². The first-order valence-corrected chi connectivity index (χ1v) is 15.9. The third-order valence-electron chi connectivity index (χ3n) is 5.83. The van der Waals surface area contributed by atoms with E-state index in [-0.39, 0.29) is 0 Å². The third kappa shape index (κ3) is 7.44. The van der Waals surface area contributed by atoms with Crippen LogP contribution in [-0.2, 0) is 0 Å². The van der Waals surface area contributed by atoms with E-state index in [2.05, 4.69) is 90.3 Å². The van der Waals surface area contributed by atoms with E-state index in [0.717, 1.165) is 10.4 Å². The zero-order valence-electron chi connectivity index (χ0n) is 24.4. The Morgan fingerprint density at radius 1 is 0.515 bits per heavy atom. The van der Waals surface area contributed by atoms with Crippen LogP contribution in [-0.4, -0.2) is 8.07 Å². The number of benzene rings is 2. The molecule has 0 unspecified atom stereocenters. The van der Waals surface area contributed by atoms with Gasteiger partial charge in [-0.1, -0.05) is 118 Å². The van der Waals surface area contributed by atoms with Crippen molar-refractivity contribution in [1.29, 1.82) is 0 Å². The van der Waals surface area contributed by atoms with Gasteiger partial charge in [0.2, 0.25) is 0 Å². The van der Waals surface area contributed by atoms with E-state index in [1.54, 1.807) is 10.4 Å². The maximum Gasteiger partial charge on any atom is 0.114 e. The predicted molar refractivity (Wildman–Crippen MR) is 160 cm³/mol. The summed E-state index contributed by atoms with van der Waals surface area (Å²) in [5, 5.41) is 8.12. The lowest BCUT2D eigenvalue weighted by molar-refractivity contribution is 1.36. The van der Waals surface area contributed by atoms with Crippen LogP contribution < -0.4 is 20.9 Å². The van der Waals surface area contributed by atoms with Gasteiger partial charge in [-0.05, 0) is 81.2 Å². The molecule has 1 aliphatic rings. The average Bonchev–Trinajstić information content (AvgIpc) is 3.01. The molecule has 0 radical (unpaired) electrons. The molecule has 0 N–H and O–H groups in total. The van der Waals surface area contributed by atoms with Crippen LogP contribution in [0.15, 0.2) is 47.5 Å². The molecule has 0 fully saturated rings. The first-order chi connectivity index (χ1) is 15.6. The molecule has 0 spiro atoms. The van der Waals surface area contributed by atoms with Gasteiger partial charge < -0.3 is 0 Å². The van der Waals surface area contributed by atoms with Crippen LogP contribution in [0.2, 0.25) is 13.1 Å². The SMILES string of the molecule is C=c1ccc(=C2C(C)=C(C)/C(=c3/ccc(=C)c(C)c3)[Si]2(C)C)cc1C.CC.CC.CC.CC. The summed E-state index contributed by atoms with van der Waals surface area (Å²) in [4.78, 5) is 0. The predicted octanol–water partition coefficient (Wildman–Crippen LogP) is 7.37. The summed E-state index contributed by atoms with van der Waals surface area (Å²) in [5.41, 5.74) is 5.45. The zero-order valence-corrected chi connectivity index (χ0v) is 25.4. The molecule has 0 amide bonds. The van der Waals surface area contributed by atoms with Crippen LogP contribution >= 0.6 is 0 Å². The lowest BCUT2D eigenvalue weighted by Crippen LogP contribution is -2.35. The molecular formula is C32H52Si. The Kier molecular flexibility index (Phi) is 15.7. The molecule has 0 atom stereocenters. The van der Waals surface area contributed by atoms with Gasteiger partial charge in [0.25, 0.3) is 0 Å². The van der Waals surface area contributed by atoms with E-state index in [4.69, 9.17) is 0 Å². The lowest BCUT2D eigenvalue weighted by Gasteiger charge is -2.23. The Bertz CT molecular complexity index is 1040. The molecule has 2 aromatic carbocycles. The molecule has 33 heavy (non-hydrogen) atoms. The Balaban J connectivity index is 0. The van der Waals surface area contributed by atoms with Gasteiger partial charge in [0.05, 0.1) is 0 Å². The maximum atomic E-state index is 4.12. The van der Waals surface area contributed by atoms with Gasteiger partial charge in [0.1, 0.15) is 8.07 Å². The van der Waals surface area contributed by atoms with Crippen molar-refractivity contribution in [1.82, 2.24) is 0 Å². The second kappa shape index (κ2) is 15.7. The highest BCUT2D eigenvalue weighted by Gasteiger charge is 2.39. The molecule has 0 saturated carbocycles. The summed E-state index contributed by atoms with van der Waals surface area (Å²) < 4.78 is 0. The van der Waals surface area contributed by atoms with Crippen LogP contribution in [0.25, 0.3) is 23.6 Å². The highest BCUT2D eigenvalue weighted by Crippen LogP contribution is 2.43. The van der Waals surface area contributed by atoms with Crippen molar-refractivity contribution in [3.8, 4) is 0 Å². The number of rotatable bonds is 0. The summed E-state index contributed by atoms with van der Waals surface area (Å²) in [6.45, 7) is 38.1. The van der Waals surface area contributed by atoms with Gasteiger partial charge in [0.15, 0.2) is 0 Å². The zero-order chi connectivity index (χ0) is 26.5. The van der Waals surface area contributed by atoms with Crippen LogP contribution in [0.5, 0.6) is 0 Å². The third-order valence-corrected chi connectivity index (χ3v) is 9.65. The van der Waals surface area contributed by atoms with E-state index in [1.807, 2.05) is 55.4 Å². The topological polar surface area (TPSA) is 0 Å². The summed E-state index contributed by atoms with van der Waals surface area (Å²) in [6, 6.07) is 13.5. The molecule has 0 bridgehead atoms. The Morgan fingerprint density at radius 2 is 0.788 bits per heavy atom. The molecule has 0 aromatic heterocycles. The molecule has 1 heterocycles. The number of aryl methyl sites for hydroxylation is 2. The van der Waals surface area contributed by atoms with Crippen LogP contribution in [0, 0.1) is 13.8 Å². The molecule has 1 heteroatoms. The van der Waals surface area contributed by atoms with Gasteiger partial charge in [-0.15, -0.1) is 0 Å². The Morgan fingerprint density at radius 3 is 1.03 bits per heavy atom. The van der Waals surface area contributed by atoms with Crippen molar-refractivity contribution in [3.63, 3.8) is 0 Å². The minimum absolute atomic E-state index is 1.12. The monoisotopic (exact) mass is 464 g/mol. The molecule has 184 valence electrons. The number of allylic oxidation sites excluding steroid dienone is 2. The average molecular weight is 465 g/mol. The van der Waals surface area contributed by atoms with Crippen molar-refractivity contribution in [2.75, 3.05) is 0 Å². The number of hydrogen-bond donors (Lipinski definition) is 0. The molecule has 1 aliphatic heterocycles. The standard InChI is InChI=1S/C24H28Si.4C2H6/c1-15-9-11-21(13-17(15)3)23-19(5)20(6)24(25(23,7)8)22-12-10-16(2)18(4)14-22;4*1-2/h9-14H,1-2H2,3-8H3;4*1-2H3/b23-21+,24-22?;;;;. The summed E-state index contributed by atoms with van der Waals surface area (Å²) in [7, 11) is -1.77. The molecule has 0 saturated heterocycles. The second-order valence-electron chi connectivity index (χ2n) is 7.91. The van der Waals surface area contributed by atoms with Crippen LogP contribution in [0.1, 0.15) is 80.4 Å². The Labute approximate surface area is 207 Å². The first kappa shape index (κ1) is 33.1. The fourth-order valence-corrected chi connectivity index (χ4v) is 8.55. The van der Waals surface area contributed by atoms with Crippen molar-refractivity contribution in [3.05, 3.63) is 79.5 Å². The quantitative estimate of drug-likeness (QED) is 0.357. The second-order valence-corrected chi connectivity index (χ2v) is 12.2. The smallest absolute Gasteiger partial charge is 0.0915 e. The van der Waals surface area contributed by atoms with Crippen molar-refractivity contribution in [2.45, 2.75) is 96.2 Å². The van der Waals surface area contributed by atoms with Crippen molar-refractivity contribution >= 4 is 31.6 Å². The Hall–Kier alpha value is -2.12. The van der Waals surface area contributed by atoms with E-state index < -0.39 is 8.07 Å². The van der Waals surface area contributed by atoms with Gasteiger partial charge in [-0.25, -0.2) is 0 Å². The fourth-order valence-electron chi connectivity index (χ4n) is 4.29. The highest BCUT2D eigenvalue weighted by molar-refractivity contribution is 7.09. The number of hydrogen-bond acceptors (Lipinski definition) is 0. The normalized spacial score (nSPS) is 16.7. The minimum atomic E-state index is -1.77. The molecule has 0 nitrogen and oxygen atoms in total. The fraction of sp³-hybridized carbons (Fsp3) is 0.438. The van der Waals surface area contributed by atoms with E-state index >= 15 is 0 Å². The van der Waals surface area contributed by atoms with Crippen LogP contribution in [0.4, 0.5) is 0 Å². The van der Waals surface area contributed by atoms with Crippen molar-refractivity contribution in [2.24, 2.45) is 0 Å². The highest BCUT2D eigenvalue weighted by atomic mass is 28.3.